The summed E-state index contributed by atoms with van der Waals surface area (Å²) in [4.78, 5) is 25.9. The van der Waals surface area contributed by atoms with Crippen LogP contribution in [0.2, 0.25) is 0 Å². The highest BCUT2D eigenvalue weighted by molar-refractivity contribution is 6.02. The van der Waals surface area contributed by atoms with Gasteiger partial charge in [0.2, 0.25) is 0 Å². The Labute approximate surface area is 143 Å². The molecular formula is C18H17F3N2O2. The van der Waals surface area contributed by atoms with Gasteiger partial charge in [0.1, 0.15) is 0 Å². The number of benzene rings is 2. The van der Waals surface area contributed by atoms with Gasteiger partial charge in [-0.05, 0) is 48.5 Å². The predicted molar refractivity (Wildman–Crippen MR) is 88.9 cm³/mol. The van der Waals surface area contributed by atoms with E-state index >= 15 is 0 Å². The number of alkyl halides is 3. The molecule has 0 saturated carbocycles. The summed E-state index contributed by atoms with van der Waals surface area (Å²) >= 11 is 0. The lowest BCUT2D eigenvalue weighted by Gasteiger charge is -2.12. The Balaban J connectivity index is 1.96. The number of carbonyl (C=O) groups is 2. The number of nitrogens with zero attached hydrogens (tertiary/aromatic N) is 1. The molecule has 2 rings (SSSR count). The van der Waals surface area contributed by atoms with Crippen molar-refractivity contribution in [3.8, 4) is 0 Å². The molecule has 25 heavy (non-hydrogen) atoms. The molecule has 1 N–H and O–H groups in total. The molecule has 0 unspecified atom stereocenters. The zero-order chi connectivity index (χ0) is 18.6. The standard InChI is InChI=1S/C18H17F3N2O2/c1-23(2)15-9-5-12(6-10-15)16(24)11-22-17(25)13-3-7-14(8-4-13)18(19,20)21/h3-10H,11H2,1-2H3,(H,22,25). The third kappa shape index (κ3) is 4.82. The molecule has 2 aromatic rings. The van der Waals surface area contributed by atoms with Gasteiger partial charge in [-0.25, -0.2) is 0 Å². The fourth-order valence-electron chi connectivity index (χ4n) is 2.12. The number of rotatable bonds is 5. The molecule has 0 aliphatic heterocycles. The van der Waals surface area contributed by atoms with E-state index in [0.29, 0.717) is 5.56 Å². The minimum Gasteiger partial charge on any atom is -0.378 e. The number of anilines is 1. The van der Waals surface area contributed by atoms with Crippen LogP contribution in [0, 0.1) is 0 Å². The van der Waals surface area contributed by atoms with Crippen LogP contribution >= 0.6 is 0 Å². The van der Waals surface area contributed by atoms with Crippen LogP contribution < -0.4 is 10.2 Å². The van der Waals surface area contributed by atoms with Crippen molar-refractivity contribution in [2.75, 3.05) is 25.5 Å². The quantitative estimate of drug-likeness (QED) is 0.841. The zero-order valence-corrected chi connectivity index (χ0v) is 13.7. The summed E-state index contributed by atoms with van der Waals surface area (Å²) in [5.41, 5.74) is 0.605. The van der Waals surface area contributed by atoms with E-state index < -0.39 is 17.6 Å². The maximum atomic E-state index is 12.5. The molecule has 0 fully saturated rings. The van der Waals surface area contributed by atoms with Crippen molar-refractivity contribution >= 4 is 17.4 Å². The number of halogens is 3. The SMILES string of the molecule is CN(C)c1ccc(C(=O)CNC(=O)c2ccc(C(F)(F)F)cc2)cc1. The molecule has 0 saturated heterocycles. The smallest absolute Gasteiger partial charge is 0.378 e. The lowest BCUT2D eigenvalue weighted by atomic mass is 10.1. The fourth-order valence-corrected chi connectivity index (χ4v) is 2.12. The monoisotopic (exact) mass is 350 g/mol. The van der Waals surface area contributed by atoms with E-state index in [1.165, 1.54) is 0 Å². The molecule has 0 aliphatic carbocycles. The Morgan fingerprint density at radius 1 is 0.920 bits per heavy atom. The molecular weight excluding hydrogens is 333 g/mol. The van der Waals surface area contributed by atoms with Crippen molar-refractivity contribution in [3.63, 3.8) is 0 Å². The molecule has 0 heterocycles. The molecule has 0 aliphatic rings. The van der Waals surface area contributed by atoms with Gasteiger partial charge in [0, 0.05) is 30.9 Å². The molecule has 2 aromatic carbocycles. The summed E-state index contributed by atoms with van der Waals surface area (Å²) in [5, 5.41) is 2.41. The van der Waals surface area contributed by atoms with Crippen molar-refractivity contribution in [1.82, 2.24) is 5.32 Å². The minimum absolute atomic E-state index is 0.0590. The van der Waals surface area contributed by atoms with Gasteiger partial charge in [-0.15, -0.1) is 0 Å². The first kappa shape index (κ1) is 18.5. The van der Waals surface area contributed by atoms with Crippen LogP contribution in [0.4, 0.5) is 18.9 Å². The van der Waals surface area contributed by atoms with Gasteiger partial charge in [-0.1, -0.05) is 0 Å². The van der Waals surface area contributed by atoms with Gasteiger partial charge in [0.25, 0.3) is 5.91 Å². The largest absolute Gasteiger partial charge is 0.416 e. The molecule has 4 nitrogen and oxygen atoms in total. The van der Waals surface area contributed by atoms with Crippen LogP contribution in [0.5, 0.6) is 0 Å². The highest BCUT2D eigenvalue weighted by atomic mass is 19.4. The van der Waals surface area contributed by atoms with Gasteiger partial charge in [0.15, 0.2) is 5.78 Å². The number of carbonyl (C=O) groups excluding carboxylic acids is 2. The zero-order valence-electron chi connectivity index (χ0n) is 13.7. The number of nitrogens with one attached hydrogen (secondary N) is 1. The van der Waals surface area contributed by atoms with Crippen LogP contribution in [-0.4, -0.2) is 32.3 Å². The Bertz CT molecular complexity index is 751. The first-order valence-electron chi connectivity index (χ1n) is 7.44. The van der Waals surface area contributed by atoms with E-state index in [4.69, 9.17) is 0 Å². The second kappa shape index (κ2) is 7.38. The highest BCUT2D eigenvalue weighted by Crippen LogP contribution is 2.29. The molecule has 1 amide bonds. The maximum absolute atomic E-state index is 12.5. The molecule has 7 heteroatoms. The fraction of sp³-hybridized carbons (Fsp3) is 0.222. The number of ketones is 1. The molecule has 0 bridgehead atoms. The van der Waals surface area contributed by atoms with Crippen LogP contribution in [0.1, 0.15) is 26.3 Å². The average molecular weight is 350 g/mol. The predicted octanol–water partition coefficient (Wildman–Crippen LogP) is 3.38. The van der Waals surface area contributed by atoms with E-state index in [1.807, 2.05) is 19.0 Å². The third-order valence-electron chi connectivity index (χ3n) is 3.59. The minimum atomic E-state index is -4.45. The van der Waals surface area contributed by atoms with Gasteiger partial charge in [0.05, 0.1) is 12.1 Å². The second-order valence-electron chi connectivity index (χ2n) is 5.62. The average Bonchev–Trinajstić information content (AvgIpc) is 2.58. The van der Waals surface area contributed by atoms with Gasteiger partial charge >= 0.3 is 6.18 Å². The molecule has 0 atom stereocenters. The molecule has 132 valence electrons. The summed E-state index contributed by atoms with van der Waals surface area (Å²) < 4.78 is 37.5. The number of hydrogen-bond acceptors (Lipinski definition) is 3. The van der Waals surface area contributed by atoms with Crippen molar-refractivity contribution in [3.05, 3.63) is 65.2 Å². The van der Waals surface area contributed by atoms with Crippen LogP contribution in [0.15, 0.2) is 48.5 Å². The van der Waals surface area contributed by atoms with Crippen molar-refractivity contribution in [1.29, 1.82) is 0 Å². The molecule has 0 radical (unpaired) electrons. The number of Topliss-reactive ketones (excluding diaryl/α,β-unsaturated/α-hetero) is 1. The Hall–Kier alpha value is -2.83. The summed E-state index contributed by atoms with van der Waals surface area (Å²) in [6.07, 6.45) is -4.45. The topological polar surface area (TPSA) is 49.4 Å². The molecule has 0 aromatic heterocycles. The van der Waals surface area contributed by atoms with Gasteiger partial charge in [-0.2, -0.15) is 13.2 Å². The number of amides is 1. The lowest BCUT2D eigenvalue weighted by molar-refractivity contribution is -0.137. The number of hydrogen-bond donors (Lipinski definition) is 1. The Morgan fingerprint density at radius 3 is 1.92 bits per heavy atom. The van der Waals surface area contributed by atoms with E-state index in [9.17, 15) is 22.8 Å². The van der Waals surface area contributed by atoms with Crippen LogP contribution in [-0.2, 0) is 6.18 Å². The van der Waals surface area contributed by atoms with E-state index in [2.05, 4.69) is 5.32 Å². The summed E-state index contributed by atoms with van der Waals surface area (Å²) in [7, 11) is 3.75. The summed E-state index contributed by atoms with van der Waals surface area (Å²) in [6, 6.07) is 10.7. The van der Waals surface area contributed by atoms with Crippen molar-refractivity contribution in [2.45, 2.75) is 6.18 Å². The lowest BCUT2D eigenvalue weighted by Crippen LogP contribution is -2.29. The Morgan fingerprint density at radius 2 is 1.44 bits per heavy atom. The van der Waals surface area contributed by atoms with Crippen molar-refractivity contribution < 1.29 is 22.8 Å². The Kier molecular flexibility index (Phi) is 5.46. The van der Waals surface area contributed by atoms with Gasteiger partial charge in [-0.3, -0.25) is 9.59 Å². The third-order valence-corrected chi connectivity index (χ3v) is 3.59. The van der Waals surface area contributed by atoms with E-state index in [0.717, 1.165) is 30.0 Å². The maximum Gasteiger partial charge on any atom is 0.416 e. The second-order valence-corrected chi connectivity index (χ2v) is 5.62. The first-order valence-corrected chi connectivity index (χ1v) is 7.44. The summed E-state index contributed by atoms with van der Waals surface area (Å²) in [5.74, 6) is -0.891. The summed E-state index contributed by atoms with van der Waals surface area (Å²) in [6.45, 7) is -0.235. The first-order chi connectivity index (χ1) is 11.7. The molecule has 0 spiro atoms. The van der Waals surface area contributed by atoms with E-state index in [1.54, 1.807) is 24.3 Å². The van der Waals surface area contributed by atoms with E-state index in [-0.39, 0.29) is 17.9 Å². The van der Waals surface area contributed by atoms with Crippen LogP contribution in [0.3, 0.4) is 0 Å². The highest BCUT2D eigenvalue weighted by Gasteiger charge is 2.30. The van der Waals surface area contributed by atoms with Crippen molar-refractivity contribution in [2.24, 2.45) is 0 Å². The normalized spacial score (nSPS) is 11.1. The van der Waals surface area contributed by atoms with Gasteiger partial charge < -0.3 is 10.2 Å². The van der Waals surface area contributed by atoms with Crippen LogP contribution in [0.25, 0.3) is 0 Å².